The summed E-state index contributed by atoms with van der Waals surface area (Å²) in [6, 6.07) is 11.8. The van der Waals surface area contributed by atoms with Gasteiger partial charge in [0.05, 0.1) is 12.6 Å². The first-order valence-corrected chi connectivity index (χ1v) is 13.6. The number of piperidine rings is 1. The first-order chi connectivity index (χ1) is 19.4. The Morgan fingerprint density at radius 3 is 2.44 bits per heavy atom. The van der Waals surface area contributed by atoms with E-state index in [1.165, 1.54) is 44.2 Å². The van der Waals surface area contributed by atoms with E-state index in [-0.39, 0.29) is 24.3 Å². The summed E-state index contributed by atoms with van der Waals surface area (Å²) in [6.45, 7) is 6.58. The van der Waals surface area contributed by atoms with Gasteiger partial charge in [-0.15, -0.1) is 0 Å². The van der Waals surface area contributed by atoms with Crippen molar-refractivity contribution in [3.63, 3.8) is 0 Å². The largest absolute Gasteiger partial charge is 0.476 e. The van der Waals surface area contributed by atoms with E-state index in [1.807, 2.05) is 0 Å². The summed E-state index contributed by atoms with van der Waals surface area (Å²) >= 11 is 6.26. The number of fused-ring (bicyclic) bond motifs is 2. The van der Waals surface area contributed by atoms with Crippen molar-refractivity contribution in [3.05, 3.63) is 93.5 Å². The first kappa shape index (κ1) is 28.5. The lowest BCUT2D eigenvalue weighted by atomic mass is 9.59. The molecule has 2 aliphatic rings. The van der Waals surface area contributed by atoms with Crippen LogP contribution in [-0.2, 0) is 24.5 Å². The molecule has 1 fully saturated rings. The third-order valence-electron chi connectivity index (χ3n) is 7.78. The lowest BCUT2D eigenvalue weighted by molar-refractivity contribution is -0.158. The van der Waals surface area contributed by atoms with Crippen molar-refractivity contribution >= 4 is 35.1 Å². The molecule has 0 aromatic heterocycles. The summed E-state index contributed by atoms with van der Waals surface area (Å²) < 4.78 is 40.9. The molecule has 2 aliphatic heterocycles. The number of benzene rings is 3. The fraction of sp³-hybridized carbons (Fsp3) is 0.323. The monoisotopic (exact) mass is 582 g/mol. The average molecular weight is 583 g/mol. The zero-order valence-corrected chi connectivity index (χ0v) is 23.7. The minimum atomic E-state index is -1.56. The number of anilines is 1. The molecular formula is C31H29ClF2N2O5. The van der Waals surface area contributed by atoms with E-state index in [0.29, 0.717) is 27.4 Å². The second-order valence-electron chi connectivity index (χ2n) is 10.8. The van der Waals surface area contributed by atoms with Crippen molar-refractivity contribution in [3.8, 4) is 5.75 Å². The van der Waals surface area contributed by atoms with Gasteiger partial charge in [-0.3, -0.25) is 9.59 Å². The highest BCUT2D eigenvalue weighted by Gasteiger charge is 2.62. The predicted molar refractivity (Wildman–Crippen MR) is 149 cm³/mol. The maximum absolute atomic E-state index is 15.0. The number of nitrogens with one attached hydrogen (secondary N) is 2. The quantitative estimate of drug-likeness (QED) is 0.354. The van der Waals surface area contributed by atoms with E-state index in [1.54, 1.807) is 38.1 Å². The van der Waals surface area contributed by atoms with Gasteiger partial charge in [-0.05, 0) is 86.8 Å². The highest BCUT2D eigenvalue weighted by molar-refractivity contribution is 6.31. The summed E-state index contributed by atoms with van der Waals surface area (Å²) in [5.41, 5.74) is -0.869. The van der Waals surface area contributed by atoms with Crippen molar-refractivity contribution in [2.24, 2.45) is 0 Å². The number of carbonyl (C=O) groups excluding carboxylic acids is 3. The molecule has 3 unspecified atom stereocenters. The van der Waals surface area contributed by atoms with Crippen LogP contribution in [0.5, 0.6) is 5.75 Å². The van der Waals surface area contributed by atoms with Crippen LogP contribution in [0.2, 0.25) is 5.02 Å². The molecule has 1 spiro atoms. The van der Waals surface area contributed by atoms with Gasteiger partial charge in [0.25, 0.3) is 0 Å². The van der Waals surface area contributed by atoms with Crippen molar-refractivity contribution in [2.45, 2.75) is 57.1 Å². The second-order valence-corrected chi connectivity index (χ2v) is 11.2. The molecule has 0 saturated carbocycles. The Labute approximate surface area is 241 Å². The van der Waals surface area contributed by atoms with Crippen LogP contribution in [0.4, 0.5) is 14.5 Å². The molecule has 0 bridgehead atoms. The SMILES string of the molecule is CCOC(=O)C(C)(C)Oc1ccc(F)cc1C1CC(=O)NC(c2cc(F)ccc2C)C12C(=O)Nc1cc(Cl)ccc12. The van der Waals surface area contributed by atoms with Crippen LogP contribution in [0.3, 0.4) is 0 Å². The fourth-order valence-corrected chi connectivity index (χ4v) is 6.12. The van der Waals surface area contributed by atoms with Crippen molar-refractivity contribution < 1.29 is 32.6 Å². The predicted octanol–water partition coefficient (Wildman–Crippen LogP) is 5.88. The standard InChI is InChI=1S/C31H29ClF2N2O5/c1-5-40-29(39)30(3,4)41-25-11-9-19(34)14-21(25)23-15-26(37)36-27(20-13-18(33)8-6-16(20)2)31(23)22-10-7-17(32)12-24(22)35-28(31)38/h6-14,23,27H,5,15H2,1-4H3,(H,35,38)(H,36,37). The van der Waals surface area contributed by atoms with Gasteiger partial charge in [0.15, 0.2) is 5.60 Å². The average Bonchev–Trinajstić information content (AvgIpc) is 3.18. The Morgan fingerprint density at radius 1 is 1.05 bits per heavy atom. The van der Waals surface area contributed by atoms with Crippen LogP contribution in [0.25, 0.3) is 0 Å². The second kappa shape index (κ2) is 10.4. The number of aryl methyl sites for hydroxylation is 1. The molecule has 2 amide bonds. The first-order valence-electron chi connectivity index (χ1n) is 13.2. The van der Waals surface area contributed by atoms with Crippen LogP contribution in [0.15, 0.2) is 54.6 Å². The highest BCUT2D eigenvalue weighted by Crippen LogP contribution is 2.59. The zero-order valence-electron chi connectivity index (χ0n) is 22.9. The minimum absolute atomic E-state index is 0.105. The molecule has 2 heterocycles. The van der Waals surface area contributed by atoms with Crippen LogP contribution >= 0.6 is 11.6 Å². The third kappa shape index (κ3) is 4.82. The van der Waals surface area contributed by atoms with Gasteiger partial charge in [0.1, 0.15) is 22.8 Å². The van der Waals surface area contributed by atoms with Crippen molar-refractivity contribution in [2.75, 3.05) is 11.9 Å². The summed E-state index contributed by atoms with van der Waals surface area (Å²) in [7, 11) is 0. The van der Waals surface area contributed by atoms with E-state index >= 15 is 0 Å². The van der Waals surface area contributed by atoms with Gasteiger partial charge in [-0.25, -0.2) is 13.6 Å². The van der Waals surface area contributed by atoms with Crippen LogP contribution in [0.1, 0.15) is 61.4 Å². The van der Waals surface area contributed by atoms with Gasteiger partial charge in [0.2, 0.25) is 11.8 Å². The molecule has 3 aromatic rings. The van der Waals surface area contributed by atoms with Crippen LogP contribution in [0, 0.1) is 18.6 Å². The van der Waals surface area contributed by atoms with Crippen molar-refractivity contribution in [1.29, 1.82) is 0 Å². The lowest BCUT2D eigenvalue weighted by Crippen LogP contribution is -2.57. The van der Waals surface area contributed by atoms with E-state index in [0.717, 1.165) is 0 Å². The Balaban J connectivity index is 1.78. The zero-order chi connectivity index (χ0) is 29.7. The number of amides is 2. The van der Waals surface area contributed by atoms with Crippen LogP contribution < -0.4 is 15.4 Å². The number of rotatable bonds is 6. The molecule has 214 valence electrons. The summed E-state index contributed by atoms with van der Waals surface area (Å²) in [5, 5.41) is 6.19. The molecular weight excluding hydrogens is 554 g/mol. The van der Waals surface area contributed by atoms with Gasteiger partial charge >= 0.3 is 5.97 Å². The molecule has 3 atom stereocenters. The lowest BCUT2D eigenvalue weighted by Gasteiger charge is -2.47. The topological polar surface area (TPSA) is 93.7 Å². The number of ether oxygens (including phenoxy) is 2. The maximum Gasteiger partial charge on any atom is 0.349 e. The number of hydrogen-bond donors (Lipinski definition) is 2. The van der Waals surface area contributed by atoms with E-state index in [9.17, 15) is 23.2 Å². The highest BCUT2D eigenvalue weighted by atomic mass is 35.5. The maximum atomic E-state index is 15.0. The van der Waals surface area contributed by atoms with E-state index in [4.69, 9.17) is 21.1 Å². The Bertz CT molecular complexity index is 1580. The number of carbonyl (C=O) groups is 3. The Morgan fingerprint density at radius 2 is 1.73 bits per heavy atom. The molecule has 5 rings (SSSR count). The Hall–Kier alpha value is -3.98. The Kier molecular flexibility index (Phi) is 7.27. The van der Waals surface area contributed by atoms with Gasteiger partial charge in [-0.2, -0.15) is 0 Å². The minimum Gasteiger partial charge on any atom is -0.476 e. The molecule has 7 nitrogen and oxygen atoms in total. The molecule has 3 aromatic carbocycles. The number of hydrogen-bond acceptors (Lipinski definition) is 5. The van der Waals surface area contributed by atoms with Crippen molar-refractivity contribution in [1.82, 2.24) is 5.32 Å². The van der Waals surface area contributed by atoms with Gasteiger partial charge in [-0.1, -0.05) is 23.7 Å². The molecule has 0 radical (unpaired) electrons. The molecule has 1 saturated heterocycles. The van der Waals surface area contributed by atoms with Gasteiger partial charge in [0, 0.05) is 28.6 Å². The molecule has 0 aliphatic carbocycles. The summed E-state index contributed by atoms with van der Waals surface area (Å²) in [4.78, 5) is 40.3. The molecule has 2 N–H and O–H groups in total. The molecule has 10 heteroatoms. The number of esters is 1. The molecule has 41 heavy (non-hydrogen) atoms. The fourth-order valence-electron chi connectivity index (χ4n) is 5.95. The summed E-state index contributed by atoms with van der Waals surface area (Å²) in [5.74, 6) is -3.60. The smallest absolute Gasteiger partial charge is 0.349 e. The normalized spacial score (nSPS) is 21.7. The van der Waals surface area contributed by atoms with Gasteiger partial charge < -0.3 is 20.1 Å². The number of halogens is 3. The van der Waals surface area contributed by atoms with Crippen LogP contribution in [-0.4, -0.2) is 30.0 Å². The van der Waals surface area contributed by atoms with E-state index in [2.05, 4.69) is 10.6 Å². The van der Waals surface area contributed by atoms with E-state index < -0.39 is 52.4 Å². The summed E-state index contributed by atoms with van der Waals surface area (Å²) in [6.07, 6.45) is -0.222. The third-order valence-corrected chi connectivity index (χ3v) is 8.02.